The van der Waals surface area contributed by atoms with Gasteiger partial charge >= 0.3 is 6.18 Å². The van der Waals surface area contributed by atoms with Crippen LogP contribution in [0.1, 0.15) is 30.5 Å². The molecular formula is C26H24BrF3N2O2S. The molecule has 0 aromatic heterocycles. The maximum Gasteiger partial charge on any atom is 0.416 e. The zero-order chi connectivity index (χ0) is 25.6. The Labute approximate surface area is 211 Å². The summed E-state index contributed by atoms with van der Waals surface area (Å²) in [6.45, 7) is 4.30. The molecule has 0 saturated heterocycles. The van der Waals surface area contributed by atoms with Crippen molar-refractivity contribution < 1.29 is 21.6 Å². The zero-order valence-electron chi connectivity index (χ0n) is 19.4. The highest BCUT2D eigenvalue weighted by Gasteiger charge is 2.37. The standard InChI is InChI=1S/C26H24BrF3N2O2S/c1-25(2)14-20-12-18(17-4-8-21(9-5-17)26(28,29)30)7-11-24(20)32(16-25)35(33,34)22-10-6-19(15-31-3)23(27)13-22/h4-13,15H,14,16H2,1-3H3. The van der Waals surface area contributed by atoms with Crippen molar-refractivity contribution in [2.75, 3.05) is 17.9 Å². The molecule has 9 heteroatoms. The predicted molar refractivity (Wildman–Crippen MR) is 137 cm³/mol. The van der Waals surface area contributed by atoms with E-state index in [2.05, 4.69) is 20.9 Å². The molecule has 0 aliphatic carbocycles. The molecule has 4 nitrogen and oxygen atoms in total. The Hall–Kier alpha value is -2.65. The predicted octanol–water partition coefficient (Wildman–Crippen LogP) is 6.96. The summed E-state index contributed by atoms with van der Waals surface area (Å²) in [5.74, 6) is 0. The van der Waals surface area contributed by atoms with Gasteiger partial charge < -0.3 is 0 Å². The van der Waals surface area contributed by atoms with Crippen molar-refractivity contribution in [2.24, 2.45) is 10.4 Å². The lowest BCUT2D eigenvalue weighted by Crippen LogP contribution is -2.44. The van der Waals surface area contributed by atoms with E-state index in [4.69, 9.17) is 0 Å². The highest BCUT2D eigenvalue weighted by Crippen LogP contribution is 2.41. The number of alkyl halides is 3. The maximum atomic E-state index is 13.7. The van der Waals surface area contributed by atoms with Crippen LogP contribution in [0.4, 0.5) is 18.9 Å². The normalized spacial score (nSPS) is 15.9. The highest BCUT2D eigenvalue weighted by molar-refractivity contribution is 9.10. The Morgan fingerprint density at radius 2 is 1.66 bits per heavy atom. The molecule has 0 unspecified atom stereocenters. The van der Waals surface area contributed by atoms with Crippen molar-refractivity contribution in [1.82, 2.24) is 0 Å². The van der Waals surface area contributed by atoms with E-state index in [1.54, 1.807) is 43.6 Å². The van der Waals surface area contributed by atoms with E-state index in [9.17, 15) is 21.6 Å². The number of rotatable bonds is 4. The molecule has 1 aliphatic heterocycles. The number of nitrogens with zero attached hydrogens (tertiary/aromatic N) is 2. The van der Waals surface area contributed by atoms with E-state index in [1.165, 1.54) is 16.4 Å². The highest BCUT2D eigenvalue weighted by atomic mass is 79.9. The molecule has 0 amide bonds. The molecule has 0 N–H and O–H groups in total. The number of aliphatic imine (C=N–C) groups is 1. The van der Waals surface area contributed by atoms with Gasteiger partial charge in [-0.25, -0.2) is 8.42 Å². The van der Waals surface area contributed by atoms with Crippen LogP contribution in [-0.2, 0) is 22.6 Å². The lowest BCUT2D eigenvalue weighted by Gasteiger charge is -2.40. The van der Waals surface area contributed by atoms with E-state index >= 15 is 0 Å². The van der Waals surface area contributed by atoms with Gasteiger partial charge in [0.25, 0.3) is 10.0 Å². The second-order valence-corrected chi connectivity index (χ2v) is 12.1. The van der Waals surface area contributed by atoms with E-state index < -0.39 is 21.8 Å². The Kier molecular flexibility index (Phi) is 6.61. The molecule has 1 aliphatic rings. The smallest absolute Gasteiger partial charge is 0.296 e. The average Bonchev–Trinajstić information content (AvgIpc) is 2.78. The summed E-state index contributed by atoms with van der Waals surface area (Å²) in [6, 6.07) is 15.2. The average molecular weight is 565 g/mol. The molecule has 0 saturated carbocycles. The summed E-state index contributed by atoms with van der Waals surface area (Å²) in [4.78, 5) is 4.14. The van der Waals surface area contributed by atoms with Gasteiger partial charge in [0, 0.05) is 29.8 Å². The number of hydrogen-bond donors (Lipinski definition) is 0. The number of fused-ring (bicyclic) bond motifs is 1. The molecule has 0 atom stereocenters. The maximum absolute atomic E-state index is 13.7. The van der Waals surface area contributed by atoms with E-state index in [-0.39, 0.29) is 10.3 Å². The van der Waals surface area contributed by atoms with E-state index in [0.717, 1.165) is 28.8 Å². The fourth-order valence-corrected chi connectivity index (χ4v) is 6.65. The van der Waals surface area contributed by atoms with Gasteiger partial charge in [0.1, 0.15) is 0 Å². The lowest BCUT2D eigenvalue weighted by atomic mass is 9.81. The van der Waals surface area contributed by atoms with Gasteiger partial charge in [0.05, 0.1) is 16.1 Å². The molecule has 1 heterocycles. The molecule has 0 fully saturated rings. The van der Waals surface area contributed by atoms with Crippen LogP contribution in [0.5, 0.6) is 0 Å². The summed E-state index contributed by atoms with van der Waals surface area (Å²) in [5, 5.41) is 0. The van der Waals surface area contributed by atoms with Gasteiger partial charge in [-0.3, -0.25) is 9.30 Å². The van der Waals surface area contributed by atoms with E-state index in [1.807, 2.05) is 19.9 Å². The van der Waals surface area contributed by atoms with Crippen molar-refractivity contribution >= 4 is 37.9 Å². The van der Waals surface area contributed by atoms with Crippen LogP contribution in [-0.4, -0.2) is 28.2 Å². The van der Waals surface area contributed by atoms with Crippen molar-refractivity contribution in [2.45, 2.75) is 31.3 Å². The Morgan fingerprint density at radius 1 is 1.00 bits per heavy atom. The third-order valence-electron chi connectivity index (χ3n) is 5.96. The molecule has 0 bridgehead atoms. The molecule has 4 rings (SSSR count). The van der Waals surface area contributed by atoms with Gasteiger partial charge in [-0.15, -0.1) is 0 Å². The summed E-state index contributed by atoms with van der Waals surface area (Å²) in [6.07, 6.45) is -2.12. The van der Waals surface area contributed by atoms with Crippen molar-refractivity contribution in [3.63, 3.8) is 0 Å². The quantitative estimate of drug-likeness (QED) is 0.321. The Morgan fingerprint density at radius 3 is 2.26 bits per heavy atom. The van der Waals surface area contributed by atoms with Gasteiger partial charge in [-0.2, -0.15) is 13.2 Å². The van der Waals surface area contributed by atoms with Crippen LogP contribution in [0.25, 0.3) is 11.1 Å². The van der Waals surface area contributed by atoms with Crippen molar-refractivity contribution in [1.29, 1.82) is 0 Å². The minimum absolute atomic E-state index is 0.160. The molecule has 0 spiro atoms. The fourth-order valence-electron chi connectivity index (χ4n) is 4.30. The fraction of sp³-hybridized carbons (Fsp3) is 0.269. The number of sulfonamides is 1. The number of hydrogen-bond acceptors (Lipinski definition) is 3. The third kappa shape index (κ3) is 5.16. The van der Waals surface area contributed by atoms with Crippen molar-refractivity contribution in [3.05, 3.63) is 81.8 Å². The zero-order valence-corrected chi connectivity index (χ0v) is 21.8. The summed E-state index contributed by atoms with van der Waals surface area (Å²) in [7, 11) is -2.22. The summed E-state index contributed by atoms with van der Waals surface area (Å²) in [5.41, 5.74) is 2.50. The number of benzene rings is 3. The second kappa shape index (κ2) is 9.09. The van der Waals surface area contributed by atoms with Crippen molar-refractivity contribution in [3.8, 4) is 11.1 Å². The SMILES string of the molecule is CN=Cc1ccc(S(=O)(=O)N2CC(C)(C)Cc3cc(-c4ccc(C(F)(F)F)cc4)ccc32)cc1Br. The summed E-state index contributed by atoms with van der Waals surface area (Å²) >= 11 is 3.43. The van der Waals surface area contributed by atoms with Gasteiger partial charge in [0.2, 0.25) is 0 Å². The van der Waals surface area contributed by atoms with Crippen LogP contribution in [0.3, 0.4) is 0 Å². The Balaban J connectivity index is 1.75. The first-order valence-electron chi connectivity index (χ1n) is 10.9. The first-order chi connectivity index (χ1) is 16.3. The minimum atomic E-state index is -4.40. The first-order valence-corrected chi connectivity index (χ1v) is 13.1. The molecule has 184 valence electrons. The summed E-state index contributed by atoms with van der Waals surface area (Å²) < 4.78 is 68.3. The first kappa shape index (κ1) is 25.4. The van der Waals surface area contributed by atoms with Crippen LogP contribution in [0.15, 0.2) is 75.0 Å². The van der Waals surface area contributed by atoms with Gasteiger partial charge in [0.15, 0.2) is 0 Å². The van der Waals surface area contributed by atoms with Crippen LogP contribution < -0.4 is 4.31 Å². The molecular weight excluding hydrogens is 541 g/mol. The topological polar surface area (TPSA) is 49.7 Å². The largest absolute Gasteiger partial charge is 0.416 e. The van der Waals surface area contributed by atoms with E-state index in [0.29, 0.717) is 28.7 Å². The lowest BCUT2D eigenvalue weighted by molar-refractivity contribution is -0.137. The third-order valence-corrected chi connectivity index (χ3v) is 8.40. The number of anilines is 1. The molecule has 3 aromatic rings. The van der Waals surface area contributed by atoms with Gasteiger partial charge in [-0.1, -0.05) is 54.0 Å². The van der Waals surface area contributed by atoms with Crippen LogP contribution in [0.2, 0.25) is 0 Å². The molecule has 3 aromatic carbocycles. The Bertz CT molecular complexity index is 1400. The molecule has 35 heavy (non-hydrogen) atoms. The minimum Gasteiger partial charge on any atom is -0.296 e. The van der Waals surface area contributed by atoms with Crippen LogP contribution in [0, 0.1) is 5.41 Å². The number of halogens is 4. The monoisotopic (exact) mass is 564 g/mol. The second-order valence-electron chi connectivity index (χ2n) is 9.34. The van der Waals surface area contributed by atoms with Crippen LogP contribution >= 0.6 is 15.9 Å². The molecule has 0 radical (unpaired) electrons. The van der Waals surface area contributed by atoms with Gasteiger partial charge in [-0.05, 0) is 64.9 Å².